The molecule has 0 N–H and O–H groups in total. The minimum absolute atomic E-state index is 0.0753. The van der Waals surface area contributed by atoms with Gasteiger partial charge in [0.25, 0.3) is 11.8 Å². The van der Waals surface area contributed by atoms with E-state index in [1.807, 2.05) is 6.07 Å². The lowest BCUT2D eigenvalue weighted by Crippen LogP contribution is -2.45. The van der Waals surface area contributed by atoms with Crippen LogP contribution in [0.15, 0.2) is 67.0 Å². The van der Waals surface area contributed by atoms with E-state index in [1.54, 1.807) is 48.8 Å². The molecule has 2 aromatic carbocycles. The van der Waals surface area contributed by atoms with Gasteiger partial charge in [-0.3, -0.25) is 19.4 Å². The topological polar surface area (TPSA) is 113 Å². The summed E-state index contributed by atoms with van der Waals surface area (Å²) in [5, 5.41) is 9.03. The molecule has 1 aliphatic rings. The van der Waals surface area contributed by atoms with Crippen LogP contribution in [0, 0.1) is 11.3 Å². The predicted octanol–water partition coefficient (Wildman–Crippen LogP) is 2.94. The number of nitrogens with zero attached hydrogens (tertiary/aromatic N) is 4. The standard InChI is InChI=1S/C26H22N4O5/c1-34-22-10-7-19(12-23(22)35-2)25(32)29(16-18-4-3-11-28-15-18)21-13-24(31)30(26(21)33)20-8-5-17(14-27)6-9-20/h3-12,15,21H,13,16H2,1-2H3. The maximum Gasteiger partial charge on any atom is 0.257 e. The van der Waals surface area contributed by atoms with Crippen molar-refractivity contribution in [2.24, 2.45) is 0 Å². The maximum atomic E-state index is 13.7. The minimum Gasteiger partial charge on any atom is -0.493 e. The summed E-state index contributed by atoms with van der Waals surface area (Å²) >= 11 is 0. The van der Waals surface area contributed by atoms with Crippen LogP contribution >= 0.6 is 0 Å². The molecule has 176 valence electrons. The van der Waals surface area contributed by atoms with Crippen molar-refractivity contribution in [1.82, 2.24) is 9.88 Å². The Bertz CT molecular complexity index is 1300. The lowest BCUT2D eigenvalue weighted by Gasteiger charge is -2.28. The van der Waals surface area contributed by atoms with Crippen molar-refractivity contribution in [2.45, 2.75) is 19.0 Å². The molecule has 35 heavy (non-hydrogen) atoms. The Morgan fingerprint density at radius 3 is 2.49 bits per heavy atom. The molecule has 1 atom stereocenters. The van der Waals surface area contributed by atoms with Gasteiger partial charge in [-0.2, -0.15) is 5.26 Å². The van der Waals surface area contributed by atoms with Crippen LogP contribution in [-0.4, -0.2) is 47.9 Å². The predicted molar refractivity (Wildman–Crippen MR) is 126 cm³/mol. The van der Waals surface area contributed by atoms with Crippen LogP contribution in [0.2, 0.25) is 0 Å². The molecule has 9 heteroatoms. The van der Waals surface area contributed by atoms with Gasteiger partial charge in [-0.15, -0.1) is 0 Å². The molecule has 3 aromatic rings. The first-order chi connectivity index (χ1) is 17.0. The summed E-state index contributed by atoms with van der Waals surface area (Å²) in [6.07, 6.45) is 3.05. The molecule has 2 heterocycles. The number of anilines is 1. The molecule has 1 aromatic heterocycles. The molecule has 9 nitrogen and oxygen atoms in total. The first-order valence-corrected chi connectivity index (χ1v) is 10.8. The van der Waals surface area contributed by atoms with Gasteiger partial charge in [-0.1, -0.05) is 6.07 Å². The minimum atomic E-state index is -1.01. The molecule has 4 rings (SSSR count). The molecule has 1 saturated heterocycles. The van der Waals surface area contributed by atoms with Crippen LogP contribution in [0.1, 0.15) is 27.9 Å². The molecular weight excluding hydrogens is 448 g/mol. The van der Waals surface area contributed by atoms with Crippen molar-refractivity contribution in [1.29, 1.82) is 5.26 Å². The highest BCUT2D eigenvalue weighted by atomic mass is 16.5. The molecule has 1 unspecified atom stereocenters. The summed E-state index contributed by atoms with van der Waals surface area (Å²) < 4.78 is 10.6. The van der Waals surface area contributed by atoms with E-state index in [2.05, 4.69) is 4.98 Å². The average Bonchev–Trinajstić information content (AvgIpc) is 3.20. The first-order valence-electron chi connectivity index (χ1n) is 10.8. The monoisotopic (exact) mass is 470 g/mol. The van der Waals surface area contributed by atoms with Crippen LogP contribution in [0.5, 0.6) is 11.5 Å². The fraction of sp³-hybridized carbons (Fsp3) is 0.192. The highest BCUT2D eigenvalue weighted by Crippen LogP contribution is 2.31. The Morgan fingerprint density at radius 1 is 1.11 bits per heavy atom. The summed E-state index contributed by atoms with van der Waals surface area (Å²) in [6.45, 7) is 0.0753. The van der Waals surface area contributed by atoms with Gasteiger partial charge in [0.05, 0.1) is 38.0 Å². The summed E-state index contributed by atoms with van der Waals surface area (Å²) in [6, 6.07) is 15.4. The van der Waals surface area contributed by atoms with Crippen molar-refractivity contribution >= 4 is 23.4 Å². The maximum absolute atomic E-state index is 13.7. The Morgan fingerprint density at radius 2 is 1.86 bits per heavy atom. The van der Waals surface area contributed by atoms with E-state index >= 15 is 0 Å². The van der Waals surface area contributed by atoms with Crippen molar-refractivity contribution in [3.63, 3.8) is 0 Å². The SMILES string of the molecule is COc1ccc(C(=O)N(Cc2cccnc2)C2CC(=O)N(c3ccc(C#N)cc3)C2=O)cc1OC. The third kappa shape index (κ3) is 4.68. The van der Waals surface area contributed by atoms with Crippen molar-refractivity contribution in [3.05, 3.63) is 83.7 Å². The molecule has 0 spiro atoms. The van der Waals surface area contributed by atoms with Gasteiger partial charge in [-0.05, 0) is 54.1 Å². The van der Waals surface area contributed by atoms with Crippen molar-refractivity contribution in [2.75, 3.05) is 19.1 Å². The van der Waals surface area contributed by atoms with Gasteiger partial charge in [0.15, 0.2) is 11.5 Å². The highest BCUT2D eigenvalue weighted by molar-refractivity contribution is 6.23. The molecule has 0 aliphatic carbocycles. The van der Waals surface area contributed by atoms with Gasteiger partial charge >= 0.3 is 0 Å². The molecular formula is C26H22N4O5. The number of hydrogen-bond acceptors (Lipinski definition) is 7. The second kappa shape index (κ2) is 10.1. The number of imide groups is 1. The van der Waals surface area contributed by atoms with Crippen molar-refractivity contribution in [3.8, 4) is 17.6 Å². The van der Waals surface area contributed by atoms with Crippen LogP contribution in [0.4, 0.5) is 5.69 Å². The number of aromatic nitrogens is 1. The molecule has 1 aliphatic heterocycles. The zero-order valence-electron chi connectivity index (χ0n) is 19.2. The van der Waals surface area contributed by atoms with Gasteiger partial charge in [0, 0.05) is 24.5 Å². The van der Waals surface area contributed by atoms with E-state index in [9.17, 15) is 14.4 Å². The third-order valence-corrected chi connectivity index (χ3v) is 5.72. The van der Waals surface area contributed by atoms with Gasteiger partial charge < -0.3 is 14.4 Å². The highest BCUT2D eigenvalue weighted by Gasteiger charge is 2.44. The fourth-order valence-electron chi connectivity index (χ4n) is 3.96. The normalized spacial score (nSPS) is 15.0. The number of carbonyl (C=O) groups is 3. The van der Waals surface area contributed by atoms with E-state index in [4.69, 9.17) is 14.7 Å². The van der Waals surface area contributed by atoms with Gasteiger partial charge in [0.2, 0.25) is 5.91 Å². The zero-order valence-corrected chi connectivity index (χ0v) is 19.2. The van der Waals surface area contributed by atoms with E-state index in [-0.39, 0.29) is 18.5 Å². The van der Waals surface area contributed by atoms with Crippen LogP contribution < -0.4 is 14.4 Å². The lowest BCUT2D eigenvalue weighted by molar-refractivity contribution is -0.122. The number of nitriles is 1. The summed E-state index contributed by atoms with van der Waals surface area (Å²) in [5.74, 6) is -0.559. The smallest absolute Gasteiger partial charge is 0.257 e. The molecule has 1 fully saturated rings. The Labute approximate surface area is 202 Å². The van der Waals surface area contributed by atoms with Crippen LogP contribution in [-0.2, 0) is 16.1 Å². The Kier molecular flexibility index (Phi) is 6.73. The number of rotatable bonds is 7. The molecule has 3 amide bonds. The number of pyridine rings is 1. The summed E-state index contributed by atoms with van der Waals surface area (Å²) in [7, 11) is 2.96. The number of benzene rings is 2. The summed E-state index contributed by atoms with van der Waals surface area (Å²) in [4.78, 5) is 46.6. The van der Waals surface area contributed by atoms with Gasteiger partial charge in [0.1, 0.15) is 6.04 Å². The number of ether oxygens (including phenoxy) is 2. The van der Waals surface area contributed by atoms with Crippen LogP contribution in [0.25, 0.3) is 0 Å². The fourth-order valence-corrected chi connectivity index (χ4v) is 3.96. The zero-order chi connectivity index (χ0) is 24.9. The number of carbonyl (C=O) groups excluding carboxylic acids is 3. The van der Waals surface area contributed by atoms with E-state index in [0.29, 0.717) is 28.3 Å². The first kappa shape index (κ1) is 23.4. The molecule has 0 radical (unpaired) electrons. The Hall–Kier alpha value is -4.71. The second-order valence-electron chi connectivity index (χ2n) is 7.81. The number of hydrogen-bond donors (Lipinski definition) is 0. The lowest BCUT2D eigenvalue weighted by atomic mass is 10.1. The second-order valence-corrected chi connectivity index (χ2v) is 7.81. The number of amides is 3. The summed E-state index contributed by atoms with van der Waals surface area (Å²) in [5.41, 5.74) is 1.75. The van der Waals surface area contributed by atoms with E-state index in [0.717, 1.165) is 4.90 Å². The number of methoxy groups -OCH3 is 2. The van der Waals surface area contributed by atoms with Crippen LogP contribution in [0.3, 0.4) is 0 Å². The van der Waals surface area contributed by atoms with Crippen molar-refractivity contribution < 1.29 is 23.9 Å². The average molecular weight is 470 g/mol. The van der Waals surface area contributed by atoms with Gasteiger partial charge in [-0.25, -0.2) is 4.90 Å². The Balaban J connectivity index is 1.70. The third-order valence-electron chi connectivity index (χ3n) is 5.72. The van der Waals surface area contributed by atoms with E-state index < -0.39 is 23.8 Å². The quantitative estimate of drug-likeness (QED) is 0.488. The largest absolute Gasteiger partial charge is 0.493 e. The molecule has 0 bridgehead atoms. The molecule has 0 saturated carbocycles. The van der Waals surface area contributed by atoms with E-state index in [1.165, 1.54) is 37.3 Å².